The summed E-state index contributed by atoms with van der Waals surface area (Å²) >= 11 is 0. The number of aryl methyl sites for hydroxylation is 1. The van der Waals surface area contributed by atoms with Gasteiger partial charge in [-0.3, -0.25) is 0 Å². The molecule has 0 fully saturated rings. The van der Waals surface area contributed by atoms with Crippen molar-refractivity contribution in [2.75, 3.05) is 0 Å². The molecule has 0 aromatic heterocycles. The van der Waals surface area contributed by atoms with E-state index in [2.05, 4.69) is 52.0 Å². The molecule has 1 aromatic rings. The summed E-state index contributed by atoms with van der Waals surface area (Å²) in [6.07, 6.45) is 6.60. The van der Waals surface area contributed by atoms with Crippen molar-refractivity contribution < 1.29 is 0 Å². The summed E-state index contributed by atoms with van der Waals surface area (Å²) in [5, 5.41) is 0. The predicted octanol–water partition coefficient (Wildman–Crippen LogP) is 6.13. The Kier molecular flexibility index (Phi) is 8.79. The maximum Gasteiger partial charge on any atom is -0.0101 e. The number of rotatable bonds is 1. The Hall–Kier alpha value is -0.780. The molecule has 1 aromatic carbocycles. The second-order valence-electron chi connectivity index (χ2n) is 5.39. The van der Waals surface area contributed by atoms with Gasteiger partial charge in [0.05, 0.1) is 0 Å². The van der Waals surface area contributed by atoms with Gasteiger partial charge in [-0.05, 0) is 35.8 Å². The molecule has 1 aliphatic rings. The molecular formula is C18H32. The van der Waals surface area contributed by atoms with Gasteiger partial charge in [0.2, 0.25) is 0 Å². The largest absolute Gasteiger partial charge is 0.0683 e. The monoisotopic (exact) mass is 248 g/mol. The third-order valence-electron chi connectivity index (χ3n) is 3.49. The highest BCUT2D eigenvalue weighted by Crippen LogP contribution is 2.36. The highest BCUT2D eigenvalue weighted by molar-refractivity contribution is 5.35. The summed E-state index contributed by atoms with van der Waals surface area (Å²) in [5.74, 6) is 0. The molecule has 18 heavy (non-hydrogen) atoms. The van der Waals surface area contributed by atoms with Gasteiger partial charge in [0.15, 0.2) is 0 Å². The maximum atomic E-state index is 2.35. The smallest absolute Gasteiger partial charge is 0.0101 e. The van der Waals surface area contributed by atoms with Gasteiger partial charge in [0.1, 0.15) is 0 Å². The quantitative estimate of drug-likeness (QED) is 0.560. The van der Waals surface area contributed by atoms with Gasteiger partial charge in [0.25, 0.3) is 0 Å². The normalized spacial score (nSPS) is 15.4. The molecular weight excluding hydrogens is 216 g/mol. The first-order valence-electron chi connectivity index (χ1n) is 7.70. The minimum atomic E-state index is 0.412. The third kappa shape index (κ3) is 5.25. The standard InChI is InChI=1S/C12H16.C4H10.C2H6/c1-12(2)9-5-7-10-6-3-4-8-11(10)12;1-3-4-2;1-2/h3-4,6,8H,5,7,9H2,1-2H3;3-4H2,1-2H3;1-2H3. The van der Waals surface area contributed by atoms with Crippen molar-refractivity contribution in [2.24, 2.45) is 0 Å². The summed E-state index contributed by atoms with van der Waals surface area (Å²) in [7, 11) is 0. The van der Waals surface area contributed by atoms with Crippen molar-refractivity contribution >= 4 is 0 Å². The summed E-state index contributed by atoms with van der Waals surface area (Å²) in [5.41, 5.74) is 3.54. The molecule has 0 nitrogen and oxygen atoms in total. The molecule has 0 N–H and O–H groups in total. The molecule has 1 aliphatic carbocycles. The van der Waals surface area contributed by atoms with E-state index < -0.39 is 0 Å². The zero-order valence-corrected chi connectivity index (χ0v) is 13.3. The molecule has 0 bridgehead atoms. The van der Waals surface area contributed by atoms with E-state index in [4.69, 9.17) is 0 Å². The predicted molar refractivity (Wildman–Crippen MR) is 84.3 cm³/mol. The second-order valence-corrected chi connectivity index (χ2v) is 5.39. The minimum absolute atomic E-state index is 0.412. The van der Waals surface area contributed by atoms with Gasteiger partial charge in [-0.2, -0.15) is 0 Å². The Balaban J connectivity index is 0.000000415. The zero-order chi connectivity index (χ0) is 14.0. The average Bonchev–Trinajstić information content (AvgIpc) is 2.41. The van der Waals surface area contributed by atoms with Gasteiger partial charge in [-0.25, -0.2) is 0 Å². The fraction of sp³-hybridized carbons (Fsp3) is 0.667. The van der Waals surface area contributed by atoms with Crippen molar-refractivity contribution in [3.8, 4) is 0 Å². The van der Waals surface area contributed by atoms with Gasteiger partial charge in [0, 0.05) is 0 Å². The lowest BCUT2D eigenvalue weighted by Gasteiger charge is -2.32. The van der Waals surface area contributed by atoms with E-state index in [1.165, 1.54) is 32.1 Å². The van der Waals surface area contributed by atoms with Crippen molar-refractivity contribution in [3.63, 3.8) is 0 Å². The Morgan fingerprint density at radius 2 is 1.56 bits per heavy atom. The molecule has 0 heteroatoms. The summed E-state index contributed by atoms with van der Waals surface area (Å²) in [6, 6.07) is 8.87. The molecule has 0 aliphatic heterocycles. The fourth-order valence-corrected chi connectivity index (χ4v) is 2.25. The molecule has 0 radical (unpaired) electrons. The van der Waals surface area contributed by atoms with Crippen LogP contribution in [0.15, 0.2) is 24.3 Å². The Bertz CT molecular complexity index is 308. The van der Waals surface area contributed by atoms with Crippen molar-refractivity contribution in [3.05, 3.63) is 35.4 Å². The molecule has 104 valence electrons. The molecule has 0 heterocycles. The van der Waals surface area contributed by atoms with Gasteiger partial charge < -0.3 is 0 Å². The van der Waals surface area contributed by atoms with Crippen LogP contribution in [0.1, 0.15) is 78.4 Å². The average molecular weight is 248 g/mol. The number of fused-ring (bicyclic) bond motifs is 1. The SMILES string of the molecule is CC.CC1(C)CCCc2ccccc21.CCCC. The Morgan fingerprint density at radius 1 is 1.00 bits per heavy atom. The van der Waals surface area contributed by atoms with Crippen LogP contribution >= 0.6 is 0 Å². The van der Waals surface area contributed by atoms with Crippen molar-refractivity contribution in [1.29, 1.82) is 0 Å². The van der Waals surface area contributed by atoms with Gasteiger partial charge in [-0.1, -0.05) is 78.6 Å². The molecule has 0 saturated heterocycles. The first kappa shape index (κ1) is 17.2. The summed E-state index contributed by atoms with van der Waals surface area (Å²) in [4.78, 5) is 0. The molecule has 0 spiro atoms. The van der Waals surface area contributed by atoms with E-state index in [1.54, 1.807) is 11.1 Å². The van der Waals surface area contributed by atoms with Crippen LogP contribution in [0.25, 0.3) is 0 Å². The molecule has 0 atom stereocenters. The van der Waals surface area contributed by atoms with Crippen LogP contribution in [-0.4, -0.2) is 0 Å². The van der Waals surface area contributed by atoms with Crippen LogP contribution < -0.4 is 0 Å². The lowest BCUT2D eigenvalue weighted by atomic mass is 9.73. The molecule has 0 unspecified atom stereocenters. The van der Waals surface area contributed by atoms with E-state index >= 15 is 0 Å². The van der Waals surface area contributed by atoms with Gasteiger partial charge >= 0.3 is 0 Å². The maximum absolute atomic E-state index is 2.35. The number of unbranched alkanes of at least 4 members (excludes halogenated alkanes) is 1. The Labute approximate surface area is 115 Å². The van der Waals surface area contributed by atoms with E-state index in [1.807, 2.05) is 13.8 Å². The first-order valence-corrected chi connectivity index (χ1v) is 7.70. The van der Waals surface area contributed by atoms with E-state index in [9.17, 15) is 0 Å². The fourth-order valence-electron chi connectivity index (χ4n) is 2.25. The lowest BCUT2D eigenvalue weighted by molar-refractivity contribution is 0.432. The van der Waals surface area contributed by atoms with E-state index in [0.717, 1.165) is 0 Å². The van der Waals surface area contributed by atoms with Crippen LogP contribution in [0.4, 0.5) is 0 Å². The molecule has 2 rings (SSSR count). The highest BCUT2D eigenvalue weighted by Gasteiger charge is 2.26. The van der Waals surface area contributed by atoms with Crippen LogP contribution in [0.2, 0.25) is 0 Å². The highest BCUT2D eigenvalue weighted by atomic mass is 14.3. The van der Waals surface area contributed by atoms with Crippen LogP contribution in [-0.2, 0) is 11.8 Å². The minimum Gasteiger partial charge on any atom is -0.0683 e. The third-order valence-corrected chi connectivity index (χ3v) is 3.49. The van der Waals surface area contributed by atoms with E-state index in [0.29, 0.717) is 5.41 Å². The topological polar surface area (TPSA) is 0 Å². The Morgan fingerprint density at radius 3 is 2.06 bits per heavy atom. The molecule has 0 saturated carbocycles. The van der Waals surface area contributed by atoms with Crippen molar-refractivity contribution in [1.82, 2.24) is 0 Å². The molecule has 0 amide bonds. The van der Waals surface area contributed by atoms with Crippen LogP contribution in [0.3, 0.4) is 0 Å². The summed E-state index contributed by atoms with van der Waals surface area (Å²) in [6.45, 7) is 13.1. The van der Waals surface area contributed by atoms with E-state index in [-0.39, 0.29) is 0 Å². The van der Waals surface area contributed by atoms with Crippen LogP contribution in [0.5, 0.6) is 0 Å². The first-order chi connectivity index (χ1) is 8.61. The summed E-state index contributed by atoms with van der Waals surface area (Å²) < 4.78 is 0. The second kappa shape index (κ2) is 9.19. The zero-order valence-electron chi connectivity index (χ0n) is 13.3. The number of hydrogen-bond donors (Lipinski definition) is 0. The van der Waals surface area contributed by atoms with Crippen molar-refractivity contribution in [2.45, 2.75) is 79.1 Å². The van der Waals surface area contributed by atoms with Crippen LogP contribution in [0, 0.1) is 0 Å². The number of hydrogen-bond acceptors (Lipinski definition) is 0. The number of benzene rings is 1. The lowest BCUT2D eigenvalue weighted by Crippen LogP contribution is -2.23. The van der Waals surface area contributed by atoms with Gasteiger partial charge in [-0.15, -0.1) is 0 Å².